The first-order chi connectivity index (χ1) is 10.6. The average molecular weight is 303 g/mol. The van der Waals surface area contributed by atoms with Crippen LogP contribution in [0, 0.1) is 18.3 Å². The van der Waals surface area contributed by atoms with E-state index in [2.05, 4.69) is 15.6 Å². The number of aryl methyl sites for hydroxylation is 1. The molecule has 2 N–H and O–H groups in total. The second-order valence-electron chi connectivity index (χ2n) is 4.18. The van der Waals surface area contributed by atoms with Gasteiger partial charge in [0, 0.05) is 6.20 Å². The highest BCUT2D eigenvalue weighted by Crippen LogP contribution is 2.10. The summed E-state index contributed by atoms with van der Waals surface area (Å²) in [4.78, 5) is 22.8. The second-order valence-corrected chi connectivity index (χ2v) is 4.18. The van der Waals surface area contributed by atoms with E-state index in [0.717, 1.165) is 11.8 Å². The van der Waals surface area contributed by atoms with Crippen molar-refractivity contribution in [1.82, 2.24) is 10.9 Å². The predicted molar refractivity (Wildman–Crippen MR) is 78.3 cm³/mol. The summed E-state index contributed by atoms with van der Waals surface area (Å²) in [7, 11) is 0. The number of carbonyl (C=O) groups excluding carboxylic acids is 2. The lowest BCUT2D eigenvalue weighted by Crippen LogP contribution is -2.37. The molecule has 1 aromatic rings. The van der Waals surface area contributed by atoms with Gasteiger partial charge in [0.05, 0.1) is 6.61 Å². The topological polar surface area (TPSA) is 100 Å². The van der Waals surface area contributed by atoms with Crippen molar-refractivity contribution in [2.45, 2.75) is 13.8 Å². The quantitative estimate of drug-likeness (QED) is 0.337. The monoisotopic (exact) mass is 303 g/mol. The maximum atomic E-state index is 11.5. The molecular weight excluding hydrogens is 286 g/mol. The molecule has 22 heavy (non-hydrogen) atoms. The van der Waals surface area contributed by atoms with Gasteiger partial charge in [-0.25, -0.2) is 4.79 Å². The number of hydrogen-bond acceptors (Lipinski definition) is 6. The van der Waals surface area contributed by atoms with Crippen LogP contribution in [-0.4, -0.2) is 25.1 Å². The van der Waals surface area contributed by atoms with Gasteiger partial charge in [-0.2, -0.15) is 5.26 Å². The third-order valence-electron chi connectivity index (χ3n) is 2.43. The number of nitrogens with zero attached hydrogens (tertiary/aromatic N) is 1. The zero-order valence-corrected chi connectivity index (χ0v) is 12.4. The maximum absolute atomic E-state index is 11.5. The Hall–Kier alpha value is -3.01. The molecule has 0 bridgehead atoms. The summed E-state index contributed by atoms with van der Waals surface area (Å²) in [6.07, 6.45) is 1.06. The van der Waals surface area contributed by atoms with Crippen molar-refractivity contribution in [3.8, 4) is 11.8 Å². The van der Waals surface area contributed by atoms with Crippen molar-refractivity contribution in [2.24, 2.45) is 0 Å². The van der Waals surface area contributed by atoms with Crippen LogP contribution in [0.25, 0.3) is 0 Å². The number of amides is 1. The Labute approximate surface area is 128 Å². The first-order valence-corrected chi connectivity index (χ1v) is 6.58. The molecule has 0 atom stereocenters. The number of hydrogen-bond donors (Lipinski definition) is 2. The second kappa shape index (κ2) is 9.02. The molecule has 1 rings (SSSR count). The zero-order valence-electron chi connectivity index (χ0n) is 12.4. The van der Waals surface area contributed by atoms with E-state index in [1.807, 2.05) is 19.1 Å². The van der Waals surface area contributed by atoms with Gasteiger partial charge in [0.2, 0.25) is 0 Å². The molecule has 0 aliphatic heterocycles. The summed E-state index contributed by atoms with van der Waals surface area (Å²) in [5.41, 5.74) is 5.47. The molecule has 1 aromatic carbocycles. The van der Waals surface area contributed by atoms with Crippen molar-refractivity contribution in [2.75, 3.05) is 13.2 Å². The SMILES string of the molecule is CCOC(=O)/C(C#N)=C/NNC(=O)COc1ccc(C)cc1. The van der Waals surface area contributed by atoms with Crippen molar-refractivity contribution in [3.63, 3.8) is 0 Å². The van der Waals surface area contributed by atoms with Gasteiger partial charge in [0.25, 0.3) is 5.91 Å². The third-order valence-corrected chi connectivity index (χ3v) is 2.43. The highest BCUT2D eigenvalue weighted by molar-refractivity contribution is 5.92. The molecule has 0 saturated heterocycles. The summed E-state index contributed by atoms with van der Waals surface area (Å²) < 4.78 is 9.92. The van der Waals surface area contributed by atoms with E-state index in [0.29, 0.717) is 5.75 Å². The van der Waals surface area contributed by atoms with E-state index in [-0.39, 0.29) is 18.8 Å². The highest BCUT2D eigenvalue weighted by atomic mass is 16.5. The minimum Gasteiger partial charge on any atom is -0.484 e. The molecule has 0 aromatic heterocycles. The first kappa shape index (κ1) is 17.0. The van der Waals surface area contributed by atoms with Crippen LogP contribution in [0.3, 0.4) is 0 Å². The van der Waals surface area contributed by atoms with Crippen LogP contribution >= 0.6 is 0 Å². The molecule has 0 aliphatic rings. The van der Waals surface area contributed by atoms with E-state index >= 15 is 0 Å². The maximum Gasteiger partial charge on any atom is 0.350 e. The van der Waals surface area contributed by atoms with E-state index in [1.54, 1.807) is 25.1 Å². The summed E-state index contributed by atoms with van der Waals surface area (Å²) in [6, 6.07) is 8.91. The first-order valence-electron chi connectivity index (χ1n) is 6.58. The summed E-state index contributed by atoms with van der Waals surface area (Å²) in [5.74, 6) is -0.652. The molecule has 0 radical (unpaired) electrons. The summed E-state index contributed by atoms with van der Waals surface area (Å²) >= 11 is 0. The van der Waals surface area contributed by atoms with Crippen LogP contribution < -0.4 is 15.6 Å². The minimum atomic E-state index is -0.761. The van der Waals surface area contributed by atoms with Crippen LogP contribution in [-0.2, 0) is 14.3 Å². The molecule has 0 heterocycles. The Morgan fingerprint density at radius 2 is 2.00 bits per heavy atom. The lowest BCUT2D eigenvalue weighted by molar-refractivity contribution is -0.138. The predicted octanol–water partition coefficient (Wildman–Crippen LogP) is 0.965. The highest BCUT2D eigenvalue weighted by Gasteiger charge is 2.09. The lowest BCUT2D eigenvalue weighted by atomic mass is 10.2. The number of esters is 1. The molecule has 0 spiro atoms. The minimum absolute atomic E-state index is 0.161. The van der Waals surface area contributed by atoms with Crippen molar-refractivity contribution >= 4 is 11.9 Å². The normalized spacial score (nSPS) is 10.3. The van der Waals surface area contributed by atoms with Crippen LogP contribution in [0.5, 0.6) is 5.75 Å². The molecule has 7 nitrogen and oxygen atoms in total. The zero-order chi connectivity index (χ0) is 16.4. The fourth-order valence-corrected chi connectivity index (χ4v) is 1.35. The van der Waals surface area contributed by atoms with E-state index in [9.17, 15) is 9.59 Å². The van der Waals surface area contributed by atoms with E-state index in [1.165, 1.54) is 0 Å². The lowest BCUT2D eigenvalue weighted by Gasteiger charge is -2.07. The van der Waals surface area contributed by atoms with Gasteiger partial charge >= 0.3 is 5.97 Å². The Morgan fingerprint density at radius 1 is 1.32 bits per heavy atom. The van der Waals surface area contributed by atoms with Crippen molar-refractivity contribution in [3.05, 3.63) is 41.6 Å². The fraction of sp³-hybridized carbons (Fsp3) is 0.267. The number of benzene rings is 1. The van der Waals surface area contributed by atoms with Crippen LogP contribution in [0.1, 0.15) is 12.5 Å². The molecule has 116 valence electrons. The molecule has 7 heteroatoms. The molecule has 1 amide bonds. The fourth-order valence-electron chi connectivity index (χ4n) is 1.35. The average Bonchev–Trinajstić information content (AvgIpc) is 2.51. The molecule has 0 saturated carbocycles. The smallest absolute Gasteiger partial charge is 0.350 e. The Morgan fingerprint density at radius 3 is 2.59 bits per heavy atom. The van der Waals surface area contributed by atoms with E-state index < -0.39 is 11.9 Å². The standard InChI is InChI=1S/C15H17N3O4/c1-3-21-15(20)12(8-16)9-17-18-14(19)10-22-13-6-4-11(2)5-7-13/h4-7,9,17H,3,10H2,1-2H3,(H,18,19)/b12-9+. The van der Waals surface area contributed by atoms with Crippen LogP contribution in [0.15, 0.2) is 36.0 Å². The summed E-state index contributed by atoms with van der Waals surface area (Å²) in [5, 5.41) is 8.77. The molecule has 0 aliphatic carbocycles. The number of rotatable bonds is 7. The van der Waals surface area contributed by atoms with Gasteiger partial charge in [-0.15, -0.1) is 0 Å². The number of nitrogens with one attached hydrogen (secondary N) is 2. The molecular formula is C15H17N3O4. The largest absolute Gasteiger partial charge is 0.484 e. The van der Waals surface area contributed by atoms with Crippen molar-refractivity contribution < 1.29 is 19.1 Å². The van der Waals surface area contributed by atoms with Crippen molar-refractivity contribution in [1.29, 1.82) is 5.26 Å². The summed E-state index contributed by atoms with van der Waals surface area (Å²) in [6.45, 7) is 3.54. The van der Waals surface area contributed by atoms with Gasteiger partial charge in [-0.05, 0) is 26.0 Å². The number of carbonyl (C=O) groups is 2. The number of nitriles is 1. The van der Waals surface area contributed by atoms with Gasteiger partial charge < -0.3 is 14.9 Å². The number of hydrazine groups is 1. The van der Waals surface area contributed by atoms with Gasteiger partial charge in [0.1, 0.15) is 11.8 Å². The van der Waals surface area contributed by atoms with Gasteiger partial charge in [-0.3, -0.25) is 10.2 Å². The number of ether oxygens (including phenoxy) is 2. The van der Waals surface area contributed by atoms with Gasteiger partial charge in [0.15, 0.2) is 12.2 Å². The molecule has 0 fully saturated rings. The third kappa shape index (κ3) is 5.96. The Kier molecular flexibility index (Phi) is 6.99. The van der Waals surface area contributed by atoms with Gasteiger partial charge in [-0.1, -0.05) is 17.7 Å². The van der Waals surface area contributed by atoms with E-state index in [4.69, 9.17) is 10.00 Å². The molecule has 0 unspecified atom stereocenters. The van der Waals surface area contributed by atoms with Crippen LogP contribution in [0.4, 0.5) is 0 Å². The Bertz CT molecular complexity index is 588. The van der Waals surface area contributed by atoms with Crippen LogP contribution in [0.2, 0.25) is 0 Å². The Balaban J connectivity index is 2.38.